The topological polar surface area (TPSA) is 50.4 Å². The Kier molecular flexibility index (Phi) is 6.83. The molecule has 26 heavy (non-hydrogen) atoms. The van der Waals surface area contributed by atoms with E-state index in [1.807, 2.05) is 60.3 Å². The first-order valence-corrected chi connectivity index (χ1v) is 10.2. The second kappa shape index (κ2) is 9.31. The zero-order valence-electron chi connectivity index (χ0n) is 14.7. The molecule has 2 aromatic rings. The van der Waals surface area contributed by atoms with Crippen LogP contribution in [0.5, 0.6) is 5.75 Å². The molecular formula is C20H23ClN2O2S. The van der Waals surface area contributed by atoms with Crippen LogP contribution in [0.25, 0.3) is 0 Å². The van der Waals surface area contributed by atoms with Crippen molar-refractivity contribution in [3.05, 3.63) is 64.7 Å². The number of methoxy groups -OCH3 is 1. The smallest absolute Gasteiger partial charge is 0.222 e. The van der Waals surface area contributed by atoms with Crippen LogP contribution in [0.3, 0.4) is 0 Å². The summed E-state index contributed by atoms with van der Waals surface area (Å²) in [6, 6.07) is 15.2. The summed E-state index contributed by atoms with van der Waals surface area (Å²) in [5.74, 6) is 2.82. The van der Waals surface area contributed by atoms with E-state index in [1.165, 1.54) is 0 Å². The van der Waals surface area contributed by atoms with E-state index in [4.69, 9.17) is 16.3 Å². The molecule has 1 aliphatic heterocycles. The molecule has 0 aromatic heterocycles. The zero-order valence-corrected chi connectivity index (χ0v) is 16.3. The molecule has 0 bridgehead atoms. The van der Waals surface area contributed by atoms with Crippen molar-refractivity contribution < 1.29 is 9.53 Å². The number of nitrogens with one attached hydrogen (secondary N) is 2. The fraction of sp³-hybridized carbons (Fsp3) is 0.350. The molecule has 138 valence electrons. The number of hydrogen-bond acceptors (Lipinski definition) is 4. The van der Waals surface area contributed by atoms with Crippen molar-refractivity contribution in [2.45, 2.75) is 18.5 Å². The lowest BCUT2D eigenvalue weighted by Gasteiger charge is -2.25. The zero-order chi connectivity index (χ0) is 18.4. The lowest BCUT2D eigenvalue weighted by molar-refractivity contribution is -0.122. The monoisotopic (exact) mass is 390 g/mol. The van der Waals surface area contributed by atoms with Gasteiger partial charge >= 0.3 is 0 Å². The van der Waals surface area contributed by atoms with E-state index in [2.05, 4.69) is 10.6 Å². The summed E-state index contributed by atoms with van der Waals surface area (Å²) in [7, 11) is 1.63. The van der Waals surface area contributed by atoms with E-state index in [0.29, 0.717) is 11.4 Å². The van der Waals surface area contributed by atoms with E-state index < -0.39 is 0 Å². The standard InChI is InChI=1S/C20H23ClN2O2S/c1-25-16-6-4-5-14(11-16)20(17-7-2-3-8-18(17)21)23-19(24)12-15-13-26-10-9-22-15/h2-8,11,15,20,22H,9-10,12-13H2,1H3,(H,23,24). The SMILES string of the molecule is COc1cccc(C(NC(=O)CC2CSCCN2)c2ccccc2Cl)c1. The normalized spacial score (nSPS) is 18.2. The molecule has 2 unspecified atom stereocenters. The highest BCUT2D eigenvalue weighted by Crippen LogP contribution is 2.30. The lowest BCUT2D eigenvalue weighted by Crippen LogP contribution is -2.42. The van der Waals surface area contributed by atoms with Crippen LogP contribution in [0.4, 0.5) is 0 Å². The summed E-state index contributed by atoms with van der Waals surface area (Å²) in [4.78, 5) is 12.7. The maximum Gasteiger partial charge on any atom is 0.222 e. The third kappa shape index (κ3) is 4.93. The summed E-state index contributed by atoms with van der Waals surface area (Å²) in [6.07, 6.45) is 0.456. The minimum Gasteiger partial charge on any atom is -0.497 e. The van der Waals surface area contributed by atoms with Gasteiger partial charge in [-0.05, 0) is 29.3 Å². The maximum atomic E-state index is 12.7. The van der Waals surface area contributed by atoms with Crippen molar-refractivity contribution in [3.8, 4) is 5.75 Å². The predicted molar refractivity (Wildman–Crippen MR) is 108 cm³/mol. The first-order valence-electron chi connectivity index (χ1n) is 8.66. The molecule has 1 fully saturated rings. The molecule has 3 rings (SSSR count). The van der Waals surface area contributed by atoms with Gasteiger partial charge in [-0.25, -0.2) is 0 Å². The van der Waals surface area contributed by atoms with E-state index in [0.717, 1.165) is 34.9 Å². The minimum absolute atomic E-state index is 0.0118. The molecule has 1 amide bonds. The summed E-state index contributed by atoms with van der Waals surface area (Å²) in [6.45, 7) is 0.951. The highest BCUT2D eigenvalue weighted by molar-refractivity contribution is 7.99. The van der Waals surface area contributed by atoms with Crippen LogP contribution in [-0.4, -0.2) is 37.1 Å². The van der Waals surface area contributed by atoms with Gasteiger partial charge < -0.3 is 15.4 Å². The maximum absolute atomic E-state index is 12.7. The highest BCUT2D eigenvalue weighted by atomic mass is 35.5. The molecule has 0 spiro atoms. The number of halogens is 1. The van der Waals surface area contributed by atoms with E-state index in [1.54, 1.807) is 7.11 Å². The van der Waals surface area contributed by atoms with Gasteiger partial charge in [-0.1, -0.05) is 41.9 Å². The molecule has 1 aliphatic rings. The average molecular weight is 391 g/mol. The predicted octanol–water partition coefficient (Wildman–Crippen LogP) is 3.65. The first-order chi connectivity index (χ1) is 12.7. The number of carbonyl (C=O) groups excluding carboxylic acids is 1. The molecule has 1 heterocycles. The van der Waals surface area contributed by atoms with Crippen molar-refractivity contribution >= 4 is 29.3 Å². The van der Waals surface area contributed by atoms with Gasteiger partial charge in [0.25, 0.3) is 0 Å². The van der Waals surface area contributed by atoms with Gasteiger partial charge in [0.15, 0.2) is 0 Å². The van der Waals surface area contributed by atoms with Crippen molar-refractivity contribution in [2.24, 2.45) is 0 Å². The Morgan fingerprint density at radius 3 is 2.92 bits per heavy atom. The van der Waals surface area contributed by atoms with E-state index in [9.17, 15) is 4.79 Å². The van der Waals surface area contributed by atoms with Crippen LogP contribution >= 0.6 is 23.4 Å². The Hall–Kier alpha value is -1.69. The fourth-order valence-electron chi connectivity index (χ4n) is 3.07. The molecular weight excluding hydrogens is 368 g/mol. The van der Waals surface area contributed by atoms with Crippen molar-refractivity contribution in [3.63, 3.8) is 0 Å². The molecule has 4 nitrogen and oxygen atoms in total. The van der Waals surface area contributed by atoms with Crippen LogP contribution in [0.1, 0.15) is 23.6 Å². The highest BCUT2D eigenvalue weighted by Gasteiger charge is 2.22. The van der Waals surface area contributed by atoms with Gasteiger partial charge in [0, 0.05) is 35.5 Å². The van der Waals surface area contributed by atoms with Crippen LogP contribution in [-0.2, 0) is 4.79 Å². The Bertz CT molecular complexity index is 750. The first kappa shape index (κ1) is 19.1. The summed E-state index contributed by atoms with van der Waals surface area (Å²) in [5.41, 5.74) is 1.82. The second-order valence-electron chi connectivity index (χ2n) is 6.23. The number of thioether (sulfide) groups is 1. The third-order valence-electron chi connectivity index (χ3n) is 4.38. The minimum atomic E-state index is -0.317. The van der Waals surface area contributed by atoms with Gasteiger partial charge in [-0.2, -0.15) is 11.8 Å². The van der Waals surface area contributed by atoms with Gasteiger partial charge in [0.1, 0.15) is 5.75 Å². The van der Waals surface area contributed by atoms with Crippen LogP contribution in [0.15, 0.2) is 48.5 Å². The summed E-state index contributed by atoms with van der Waals surface area (Å²) < 4.78 is 5.34. The number of hydrogen-bond donors (Lipinski definition) is 2. The molecule has 0 radical (unpaired) electrons. The number of benzene rings is 2. The molecule has 0 aliphatic carbocycles. The van der Waals surface area contributed by atoms with Crippen molar-refractivity contribution in [1.29, 1.82) is 0 Å². The molecule has 1 saturated heterocycles. The Morgan fingerprint density at radius 2 is 2.19 bits per heavy atom. The number of rotatable bonds is 6. The van der Waals surface area contributed by atoms with Gasteiger partial charge in [-0.3, -0.25) is 4.79 Å². The van der Waals surface area contributed by atoms with Crippen LogP contribution < -0.4 is 15.4 Å². The van der Waals surface area contributed by atoms with E-state index >= 15 is 0 Å². The molecule has 2 N–H and O–H groups in total. The Morgan fingerprint density at radius 1 is 1.35 bits per heavy atom. The molecule has 6 heteroatoms. The number of ether oxygens (including phenoxy) is 1. The fourth-order valence-corrected chi connectivity index (χ4v) is 4.26. The quantitative estimate of drug-likeness (QED) is 0.790. The second-order valence-corrected chi connectivity index (χ2v) is 7.79. The largest absolute Gasteiger partial charge is 0.497 e. The van der Waals surface area contributed by atoms with Gasteiger partial charge in [0.2, 0.25) is 5.91 Å². The molecule has 0 saturated carbocycles. The number of carbonyl (C=O) groups is 1. The van der Waals surface area contributed by atoms with Crippen molar-refractivity contribution in [1.82, 2.24) is 10.6 Å². The van der Waals surface area contributed by atoms with Crippen LogP contribution in [0, 0.1) is 0 Å². The van der Waals surface area contributed by atoms with Gasteiger partial charge in [-0.15, -0.1) is 0 Å². The van der Waals surface area contributed by atoms with E-state index in [-0.39, 0.29) is 18.0 Å². The Labute approximate surface area is 163 Å². The summed E-state index contributed by atoms with van der Waals surface area (Å²) >= 11 is 8.30. The van der Waals surface area contributed by atoms with Gasteiger partial charge in [0.05, 0.1) is 13.2 Å². The lowest BCUT2D eigenvalue weighted by atomic mass is 9.98. The van der Waals surface area contributed by atoms with Crippen molar-refractivity contribution in [2.75, 3.05) is 25.2 Å². The summed E-state index contributed by atoms with van der Waals surface area (Å²) in [5, 5.41) is 7.20. The third-order valence-corrected chi connectivity index (χ3v) is 5.85. The molecule has 2 aromatic carbocycles. The number of amides is 1. The van der Waals surface area contributed by atoms with Crippen LogP contribution in [0.2, 0.25) is 5.02 Å². The Balaban J connectivity index is 1.83. The molecule has 2 atom stereocenters. The average Bonchev–Trinajstić information content (AvgIpc) is 2.67.